The van der Waals surface area contributed by atoms with Gasteiger partial charge in [0.15, 0.2) is 0 Å². The summed E-state index contributed by atoms with van der Waals surface area (Å²) in [4.78, 5) is 29.8. The zero-order valence-corrected chi connectivity index (χ0v) is 15.5. The second-order valence-electron chi connectivity index (χ2n) is 7.17. The first-order valence-electron chi connectivity index (χ1n) is 9.49. The van der Waals surface area contributed by atoms with Crippen LogP contribution < -0.4 is 10.9 Å². The van der Waals surface area contributed by atoms with Gasteiger partial charge < -0.3 is 5.32 Å². The smallest absolute Gasteiger partial charge is 0.261 e. The summed E-state index contributed by atoms with van der Waals surface area (Å²) >= 11 is 0. The molecule has 0 bridgehead atoms. The molecule has 0 fully saturated rings. The Labute approximate surface area is 158 Å². The largest absolute Gasteiger partial charge is 0.352 e. The van der Waals surface area contributed by atoms with Gasteiger partial charge >= 0.3 is 0 Å². The van der Waals surface area contributed by atoms with Crippen molar-refractivity contribution in [1.29, 1.82) is 0 Å². The van der Waals surface area contributed by atoms with Crippen molar-refractivity contribution < 1.29 is 4.79 Å². The van der Waals surface area contributed by atoms with E-state index in [2.05, 4.69) is 41.5 Å². The number of carbonyl (C=O) groups excluding carboxylic acids is 1. The summed E-state index contributed by atoms with van der Waals surface area (Å²) in [6.07, 6.45) is 3.67. The number of fused-ring (bicyclic) bond motifs is 2. The second kappa shape index (κ2) is 7.35. The van der Waals surface area contributed by atoms with Crippen molar-refractivity contribution in [3.63, 3.8) is 0 Å². The highest BCUT2D eigenvalue weighted by Gasteiger charge is 2.15. The monoisotopic (exact) mass is 361 g/mol. The van der Waals surface area contributed by atoms with E-state index in [1.54, 1.807) is 22.8 Å². The third-order valence-corrected chi connectivity index (χ3v) is 5.15. The highest BCUT2D eigenvalue weighted by molar-refractivity contribution is 5.97. The molecular formula is C22H23N3O2. The minimum Gasteiger partial charge on any atom is -0.352 e. The van der Waals surface area contributed by atoms with Gasteiger partial charge in [0, 0.05) is 25.1 Å². The first-order valence-corrected chi connectivity index (χ1v) is 9.49. The first-order chi connectivity index (χ1) is 13.1. The fourth-order valence-corrected chi connectivity index (χ4v) is 3.56. The van der Waals surface area contributed by atoms with Crippen LogP contribution in [0.15, 0.2) is 47.3 Å². The van der Waals surface area contributed by atoms with E-state index in [1.807, 2.05) is 0 Å². The summed E-state index contributed by atoms with van der Waals surface area (Å²) in [5.41, 5.74) is 3.57. The topological polar surface area (TPSA) is 64.0 Å². The maximum absolute atomic E-state index is 12.6. The van der Waals surface area contributed by atoms with Crippen LogP contribution in [0.1, 0.15) is 40.2 Å². The number of aromatic nitrogens is 2. The van der Waals surface area contributed by atoms with Gasteiger partial charge in [0.25, 0.3) is 11.5 Å². The molecule has 1 aliphatic rings. The van der Waals surface area contributed by atoms with Crippen LogP contribution >= 0.6 is 0 Å². The van der Waals surface area contributed by atoms with Crippen LogP contribution in [-0.4, -0.2) is 22.0 Å². The molecule has 0 saturated heterocycles. The predicted octanol–water partition coefficient (Wildman–Crippen LogP) is 3.01. The van der Waals surface area contributed by atoms with Crippen molar-refractivity contribution in [2.75, 3.05) is 6.54 Å². The average molecular weight is 361 g/mol. The number of carbonyl (C=O) groups is 1. The Morgan fingerprint density at radius 3 is 2.78 bits per heavy atom. The molecule has 1 aromatic heterocycles. The van der Waals surface area contributed by atoms with Crippen molar-refractivity contribution in [1.82, 2.24) is 14.9 Å². The zero-order chi connectivity index (χ0) is 18.8. The lowest BCUT2D eigenvalue weighted by atomic mass is 10.1. The van der Waals surface area contributed by atoms with Gasteiger partial charge in [0.1, 0.15) is 5.82 Å². The summed E-state index contributed by atoms with van der Waals surface area (Å²) in [5.74, 6) is 0.694. The van der Waals surface area contributed by atoms with Crippen molar-refractivity contribution in [3.8, 4) is 0 Å². The highest BCUT2D eigenvalue weighted by Crippen LogP contribution is 2.16. The molecule has 0 saturated carbocycles. The lowest BCUT2D eigenvalue weighted by molar-refractivity contribution is 0.0954. The van der Waals surface area contributed by atoms with E-state index < -0.39 is 0 Å². The molecular weight excluding hydrogens is 338 g/mol. The summed E-state index contributed by atoms with van der Waals surface area (Å²) in [5, 5.41) is 3.53. The fraction of sp³-hybridized carbons (Fsp3) is 0.318. The molecule has 0 aliphatic carbocycles. The maximum Gasteiger partial charge on any atom is 0.261 e. The summed E-state index contributed by atoms with van der Waals surface area (Å²) in [6, 6.07) is 13.5. The Kier molecular flexibility index (Phi) is 4.75. The van der Waals surface area contributed by atoms with Gasteiger partial charge in [-0.3, -0.25) is 14.2 Å². The van der Waals surface area contributed by atoms with E-state index in [0.717, 1.165) is 38.1 Å². The molecule has 5 heteroatoms. The minimum atomic E-state index is -0.136. The molecule has 3 aromatic rings. The van der Waals surface area contributed by atoms with E-state index in [0.29, 0.717) is 23.0 Å². The number of hydrogen-bond donors (Lipinski definition) is 1. The van der Waals surface area contributed by atoms with E-state index in [1.165, 1.54) is 11.1 Å². The number of rotatable bonds is 4. The van der Waals surface area contributed by atoms with Gasteiger partial charge in [-0.2, -0.15) is 0 Å². The van der Waals surface area contributed by atoms with Crippen molar-refractivity contribution in [2.45, 2.75) is 39.2 Å². The van der Waals surface area contributed by atoms with E-state index >= 15 is 0 Å². The van der Waals surface area contributed by atoms with Gasteiger partial charge in [-0.05, 0) is 49.9 Å². The minimum absolute atomic E-state index is 0.000953. The third kappa shape index (κ3) is 3.63. The van der Waals surface area contributed by atoms with E-state index in [4.69, 9.17) is 0 Å². The Bertz CT molecular complexity index is 1050. The number of aryl methyl sites for hydroxylation is 2. The number of benzene rings is 2. The van der Waals surface area contributed by atoms with E-state index in [-0.39, 0.29) is 11.5 Å². The Hall–Kier alpha value is -2.95. The first kappa shape index (κ1) is 17.5. The maximum atomic E-state index is 12.6. The number of hydrogen-bond acceptors (Lipinski definition) is 3. The van der Waals surface area contributed by atoms with Crippen LogP contribution in [0.25, 0.3) is 10.9 Å². The molecule has 1 N–H and O–H groups in total. The standard InChI is InChI=1S/C22H23N3O2/c1-15-5-7-16(8-6-15)11-12-23-21(26)17-9-10-18-19(14-17)24-20-4-2-3-13-25(20)22(18)27/h5-10,14H,2-4,11-13H2,1H3,(H,23,26). The van der Waals surface area contributed by atoms with Crippen LogP contribution in [-0.2, 0) is 19.4 Å². The van der Waals surface area contributed by atoms with Gasteiger partial charge in [0.05, 0.1) is 10.9 Å². The Morgan fingerprint density at radius 2 is 1.96 bits per heavy atom. The predicted molar refractivity (Wildman–Crippen MR) is 106 cm³/mol. The fourth-order valence-electron chi connectivity index (χ4n) is 3.56. The lowest BCUT2D eigenvalue weighted by Gasteiger charge is -2.17. The lowest BCUT2D eigenvalue weighted by Crippen LogP contribution is -2.29. The number of nitrogens with zero attached hydrogens (tertiary/aromatic N) is 2. The highest BCUT2D eigenvalue weighted by atomic mass is 16.1. The van der Waals surface area contributed by atoms with Gasteiger partial charge in [-0.15, -0.1) is 0 Å². The molecule has 0 unspecified atom stereocenters. The van der Waals surface area contributed by atoms with Crippen LogP contribution in [0.4, 0.5) is 0 Å². The number of nitrogens with one attached hydrogen (secondary N) is 1. The van der Waals surface area contributed by atoms with Crippen LogP contribution in [0, 0.1) is 6.92 Å². The summed E-state index contributed by atoms with van der Waals surface area (Å²) in [7, 11) is 0. The molecule has 4 rings (SSSR count). The van der Waals surface area contributed by atoms with Crippen molar-refractivity contribution in [2.24, 2.45) is 0 Å². The SMILES string of the molecule is Cc1ccc(CCNC(=O)c2ccc3c(=O)n4c(nc3c2)CCCC4)cc1. The second-order valence-corrected chi connectivity index (χ2v) is 7.17. The molecule has 27 heavy (non-hydrogen) atoms. The molecule has 0 radical (unpaired) electrons. The van der Waals surface area contributed by atoms with Crippen LogP contribution in [0.2, 0.25) is 0 Å². The van der Waals surface area contributed by atoms with E-state index in [9.17, 15) is 9.59 Å². The molecule has 0 atom stereocenters. The van der Waals surface area contributed by atoms with Gasteiger partial charge in [-0.25, -0.2) is 4.98 Å². The average Bonchev–Trinajstić information content (AvgIpc) is 2.69. The van der Waals surface area contributed by atoms with Crippen LogP contribution in [0.5, 0.6) is 0 Å². The molecule has 1 amide bonds. The molecule has 0 spiro atoms. The third-order valence-electron chi connectivity index (χ3n) is 5.15. The normalized spacial score (nSPS) is 13.4. The molecule has 138 valence electrons. The molecule has 5 nitrogen and oxygen atoms in total. The molecule has 2 heterocycles. The van der Waals surface area contributed by atoms with Crippen LogP contribution in [0.3, 0.4) is 0 Å². The van der Waals surface area contributed by atoms with Gasteiger partial charge in [-0.1, -0.05) is 29.8 Å². The summed E-state index contributed by atoms with van der Waals surface area (Å²) < 4.78 is 1.77. The quantitative estimate of drug-likeness (QED) is 0.777. The molecule has 2 aromatic carbocycles. The Balaban J connectivity index is 1.50. The Morgan fingerprint density at radius 1 is 1.15 bits per heavy atom. The summed E-state index contributed by atoms with van der Waals surface area (Å²) in [6.45, 7) is 3.36. The zero-order valence-electron chi connectivity index (χ0n) is 15.5. The number of amides is 1. The van der Waals surface area contributed by atoms with Gasteiger partial charge in [0.2, 0.25) is 0 Å². The molecule has 1 aliphatic heterocycles. The van der Waals surface area contributed by atoms with Crippen molar-refractivity contribution in [3.05, 3.63) is 75.3 Å². The van der Waals surface area contributed by atoms with Crippen molar-refractivity contribution >= 4 is 16.8 Å².